The molecule has 2 N–H and O–H groups in total. The molecule has 0 aliphatic heterocycles. The summed E-state index contributed by atoms with van der Waals surface area (Å²) in [5, 5.41) is 15.2. The smallest absolute Gasteiger partial charge is 0.269 e. The van der Waals surface area contributed by atoms with E-state index in [4.69, 9.17) is 34.8 Å². The van der Waals surface area contributed by atoms with Crippen molar-refractivity contribution in [2.75, 3.05) is 6.54 Å². The molecule has 0 saturated carbocycles. The predicted octanol–water partition coefficient (Wildman–Crippen LogP) is 3.66. The van der Waals surface area contributed by atoms with Crippen molar-refractivity contribution in [1.29, 1.82) is 0 Å². The molecule has 0 spiro atoms. The van der Waals surface area contributed by atoms with E-state index in [2.05, 4.69) is 20.6 Å². The summed E-state index contributed by atoms with van der Waals surface area (Å²) in [6.45, 7) is 0.926. The minimum atomic E-state index is -0.267. The first-order valence-corrected chi connectivity index (χ1v) is 8.13. The molecule has 2 heterocycles. The van der Waals surface area contributed by atoms with Crippen molar-refractivity contribution in [2.24, 2.45) is 0 Å². The highest BCUT2D eigenvalue weighted by atomic mass is 35.5. The molecule has 2 aromatic heterocycles. The van der Waals surface area contributed by atoms with Gasteiger partial charge in [0.15, 0.2) is 0 Å². The van der Waals surface area contributed by atoms with Gasteiger partial charge in [-0.05, 0) is 24.3 Å². The standard InChI is InChI=1S/C15H12Cl3N5O/c16-9-1-2-11(12(18)5-9)13-6-14(22-21-13)15(24)19-3-4-23-8-10(17)7-20-23/h1-2,5-8H,3-4H2,(H,19,24)(H,21,22). The van der Waals surface area contributed by atoms with Crippen LogP contribution in [0.1, 0.15) is 10.5 Å². The number of nitrogens with zero attached hydrogens (tertiary/aromatic N) is 3. The van der Waals surface area contributed by atoms with Crippen molar-refractivity contribution in [2.45, 2.75) is 6.54 Å². The largest absolute Gasteiger partial charge is 0.349 e. The average molecular weight is 385 g/mol. The second kappa shape index (κ2) is 7.25. The van der Waals surface area contributed by atoms with Crippen LogP contribution in [0.4, 0.5) is 0 Å². The minimum absolute atomic E-state index is 0.267. The predicted molar refractivity (Wildman–Crippen MR) is 93.6 cm³/mol. The summed E-state index contributed by atoms with van der Waals surface area (Å²) in [5.74, 6) is -0.267. The Hall–Kier alpha value is -2.02. The molecule has 3 rings (SSSR count). The summed E-state index contributed by atoms with van der Waals surface area (Å²) in [6, 6.07) is 6.73. The molecule has 0 bridgehead atoms. The number of hydrogen-bond acceptors (Lipinski definition) is 3. The first-order valence-electron chi connectivity index (χ1n) is 7.00. The fourth-order valence-corrected chi connectivity index (χ4v) is 2.77. The summed E-state index contributed by atoms with van der Waals surface area (Å²) < 4.78 is 1.65. The zero-order valence-corrected chi connectivity index (χ0v) is 14.5. The highest BCUT2D eigenvalue weighted by Crippen LogP contribution is 2.29. The Kier molecular flexibility index (Phi) is 5.08. The maximum absolute atomic E-state index is 12.1. The Bertz CT molecular complexity index is 874. The third kappa shape index (κ3) is 3.90. The van der Waals surface area contributed by atoms with E-state index in [1.807, 2.05) is 0 Å². The molecule has 6 nitrogen and oxygen atoms in total. The number of aromatic amines is 1. The molecule has 0 atom stereocenters. The molecule has 0 aliphatic carbocycles. The maximum Gasteiger partial charge on any atom is 0.269 e. The Labute approximate surface area is 152 Å². The van der Waals surface area contributed by atoms with E-state index >= 15 is 0 Å². The SMILES string of the molecule is O=C(NCCn1cc(Cl)cn1)c1cc(-c2ccc(Cl)cc2Cl)n[nH]1. The van der Waals surface area contributed by atoms with Gasteiger partial charge in [0.1, 0.15) is 5.69 Å². The number of carbonyl (C=O) groups is 1. The Morgan fingerprint density at radius 2 is 2.04 bits per heavy atom. The van der Waals surface area contributed by atoms with Crippen molar-refractivity contribution in [1.82, 2.24) is 25.3 Å². The number of aromatic nitrogens is 4. The van der Waals surface area contributed by atoms with E-state index in [9.17, 15) is 4.79 Å². The number of nitrogens with one attached hydrogen (secondary N) is 2. The van der Waals surface area contributed by atoms with E-state index in [0.717, 1.165) is 0 Å². The second-order valence-electron chi connectivity index (χ2n) is 4.97. The van der Waals surface area contributed by atoms with Crippen LogP contribution >= 0.6 is 34.8 Å². The van der Waals surface area contributed by atoms with Crippen molar-refractivity contribution in [3.8, 4) is 11.3 Å². The van der Waals surface area contributed by atoms with Gasteiger partial charge in [0.05, 0.1) is 28.5 Å². The summed E-state index contributed by atoms with van der Waals surface area (Å²) in [5.41, 5.74) is 1.61. The first kappa shape index (κ1) is 16.8. The van der Waals surface area contributed by atoms with E-state index in [0.29, 0.717) is 45.1 Å². The fraction of sp³-hybridized carbons (Fsp3) is 0.133. The Balaban J connectivity index is 1.63. The van der Waals surface area contributed by atoms with Gasteiger partial charge >= 0.3 is 0 Å². The number of hydrogen-bond donors (Lipinski definition) is 2. The first-order chi connectivity index (χ1) is 11.5. The summed E-state index contributed by atoms with van der Waals surface area (Å²) in [7, 11) is 0. The van der Waals surface area contributed by atoms with Crippen molar-refractivity contribution >= 4 is 40.7 Å². The van der Waals surface area contributed by atoms with Gasteiger partial charge in [-0.25, -0.2) is 0 Å². The molecule has 24 heavy (non-hydrogen) atoms. The number of benzene rings is 1. The molecular formula is C15H12Cl3N5O. The average Bonchev–Trinajstić information content (AvgIpc) is 3.16. The maximum atomic E-state index is 12.1. The van der Waals surface area contributed by atoms with Gasteiger partial charge < -0.3 is 5.32 Å². The van der Waals surface area contributed by atoms with Gasteiger partial charge in [-0.15, -0.1) is 0 Å². The van der Waals surface area contributed by atoms with Gasteiger partial charge in [0.25, 0.3) is 5.91 Å². The fourth-order valence-electron chi connectivity index (χ4n) is 2.11. The van der Waals surface area contributed by atoms with Crippen LogP contribution in [0.3, 0.4) is 0 Å². The Morgan fingerprint density at radius 1 is 1.21 bits per heavy atom. The number of carbonyl (C=O) groups excluding carboxylic acids is 1. The molecule has 3 aromatic rings. The van der Waals surface area contributed by atoms with Crippen LogP contribution in [0.2, 0.25) is 15.1 Å². The molecule has 124 valence electrons. The zero-order valence-electron chi connectivity index (χ0n) is 12.3. The lowest BCUT2D eigenvalue weighted by molar-refractivity contribution is 0.0947. The molecule has 0 unspecified atom stereocenters. The molecule has 0 saturated heterocycles. The van der Waals surface area contributed by atoms with Crippen LogP contribution in [0, 0.1) is 0 Å². The highest BCUT2D eigenvalue weighted by Gasteiger charge is 2.13. The van der Waals surface area contributed by atoms with Crippen molar-refractivity contribution in [3.05, 3.63) is 57.4 Å². The molecule has 1 aromatic carbocycles. The topological polar surface area (TPSA) is 75.6 Å². The van der Waals surface area contributed by atoms with Gasteiger partial charge in [0, 0.05) is 23.3 Å². The molecule has 0 fully saturated rings. The molecule has 9 heteroatoms. The number of amides is 1. The van der Waals surface area contributed by atoms with E-state index in [1.165, 1.54) is 0 Å². The lowest BCUT2D eigenvalue weighted by Crippen LogP contribution is -2.27. The molecular weight excluding hydrogens is 373 g/mol. The van der Waals surface area contributed by atoms with Gasteiger partial charge in [0.2, 0.25) is 0 Å². The number of rotatable bonds is 5. The van der Waals surface area contributed by atoms with Crippen molar-refractivity contribution in [3.63, 3.8) is 0 Å². The van der Waals surface area contributed by atoms with Gasteiger partial charge in [-0.1, -0.05) is 34.8 Å². The number of halogens is 3. The number of H-pyrrole nitrogens is 1. The van der Waals surface area contributed by atoms with Crippen LogP contribution in [0.15, 0.2) is 36.7 Å². The lowest BCUT2D eigenvalue weighted by Gasteiger charge is -2.03. The lowest BCUT2D eigenvalue weighted by atomic mass is 10.1. The van der Waals surface area contributed by atoms with E-state index in [-0.39, 0.29) is 5.91 Å². The summed E-state index contributed by atoms with van der Waals surface area (Å²) in [6.07, 6.45) is 3.23. The van der Waals surface area contributed by atoms with Gasteiger partial charge in [-0.3, -0.25) is 14.6 Å². The van der Waals surface area contributed by atoms with Crippen LogP contribution in [0.25, 0.3) is 11.3 Å². The van der Waals surface area contributed by atoms with Gasteiger partial charge in [-0.2, -0.15) is 10.2 Å². The zero-order chi connectivity index (χ0) is 17.1. The minimum Gasteiger partial charge on any atom is -0.349 e. The molecule has 0 radical (unpaired) electrons. The van der Waals surface area contributed by atoms with Crippen LogP contribution in [-0.2, 0) is 6.54 Å². The third-order valence-corrected chi connectivity index (χ3v) is 4.00. The summed E-state index contributed by atoms with van der Waals surface area (Å²) >= 11 is 17.8. The second-order valence-corrected chi connectivity index (χ2v) is 6.25. The van der Waals surface area contributed by atoms with Crippen LogP contribution in [-0.4, -0.2) is 32.4 Å². The quantitative estimate of drug-likeness (QED) is 0.705. The van der Waals surface area contributed by atoms with Crippen LogP contribution < -0.4 is 5.32 Å². The monoisotopic (exact) mass is 383 g/mol. The third-order valence-electron chi connectivity index (χ3n) is 3.26. The molecule has 1 amide bonds. The molecule has 0 aliphatic rings. The van der Waals surface area contributed by atoms with E-state index in [1.54, 1.807) is 41.3 Å². The normalized spacial score (nSPS) is 10.8. The Morgan fingerprint density at radius 3 is 2.75 bits per heavy atom. The van der Waals surface area contributed by atoms with E-state index < -0.39 is 0 Å². The highest BCUT2D eigenvalue weighted by molar-refractivity contribution is 6.36. The summed E-state index contributed by atoms with van der Waals surface area (Å²) in [4.78, 5) is 12.1. The van der Waals surface area contributed by atoms with Crippen molar-refractivity contribution < 1.29 is 4.79 Å². The van der Waals surface area contributed by atoms with Crippen LogP contribution in [0.5, 0.6) is 0 Å².